The van der Waals surface area contributed by atoms with Gasteiger partial charge in [-0.15, -0.1) is 0 Å². The predicted octanol–water partition coefficient (Wildman–Crippen LogP) is 2.16. The predicted molar refractivity (Wildman–Crippen MR) is 65.8 cm³/mol. The van der Waals surface area contributed by atoms with E-state index < -0.39 is 0 Å². The number of rotatable bonds is 5. The Kier molecular flexibility index (Phi) is 3.41. The molecule has 4 heteroatoms. The summed E-state index contributed by atoms with van der Waals surface area (Å²) >= 11 is 0. The molecule has 16 heavy (non-hydrogen) atoms. The highest BCUT2D eigenvalue weighted by molar-refractivity contribution is 5.77. The van der Waals surface area contributed by atoms with Gasteiger partial charge in [0.05, 0.1) is 0 Å². The van der Waals surface area contributed by atoms with E-state index in [9.17, 15) is 0 Å². The molecule has 2 rings (SSSR count). The molecule has 1 heterocycles. The van der Waals surface area contributed by atoms with E-state index in [1.54, 1.807) is 0 Å². The smallest absolute Gasteiger partial charge is 0.192 e. The Bertz CT molecular complexity index is 464. The molecule has 2 aromatic rings. The second-order valence-corrected chi connectivity index (χ2v) is 3.70. The van der Waals surface area contributed by atoms with Gasteiger partial charge in [0.15, 0.2) is 11.5 Å². The van der Waals surface area contributed by atoms with Gasteiger partial charge in [0.2, 0.25) is 0 Å². The highest BCUT2D eigenvalue weighted by Gasteiger charge is 2.02. The fraction of sp³-hybridized carbons (Fsp3) is 0.417. The number of oxazole rings is 1. The van der Waals surface area contributed by atoms with Crippen molar-refractivity contribution < 1.29 is 4.42 Å². The molecule has 0 fully saturated rings. The first-order valence-electron chi connectivity index (χ1n) is 5.61. The Labute approximate surface area is 95.1 Å². The average Bonchev–Trinajstić information content (AvgIpc) is 2.64. The maximum absolute atomic E-state index is 5.41. The monoisotopic (exact) mass is 219 g/mol. The number of aryl methyl sites for hydroxylation is 1. The summed E-state index contributed by atoms with van der Waals surface area (Å²) in [5.74, 6) is 0.708. The van der Waals surface area contributed by atoms with Gasteiger partial charge >= 0.3 is 0 Å². The van der Waals surface area contributed by atoms with Gasteiger partial charge in [0.25, 0.3) is 0 Å². The first-order chi connectivity index (χ1) is 7.79. The van der Waals surface area contributed by atoms with Gasteiger partial charge in [0, 0.05) is 25.7 Å². The molecule has 0 saturated carbocycles. The van der Waals surface area contributed by atoms with E-state index in [4.69, 9.17) is 4.42 Å². The number of nitrogens with zero attached hydrogens (tertiary/aromatic N) is 1. The van der Waals surface area contributed by atoms with Crippen LogP contribution in [0.1, 0.15) is 12.8 Å². The molecule has 1 aromatic carbocycles. The van der Waals surface area contributed by atoms with Crippen LogP contribution in [0, 0.1) is 6.92 Å². The summed E-state index contributed by atoms with van der Waals surface area (Å²) in [6.45, 7) is 6.84. The molecule has 0 amide bonds. The summed E-state index contributed by atoms with van der Waals surface area (Å²) in [7, 11) is 0. The SMILES string of the molecule is CCNCCNc1ccc2oc(C)nc2c1. The standard InChI is InChI=1S/C12H17N3O/c1-3-13-6-7-14-10-4-5-12-11(8-10)15-9(2)16-12/h4-5,8,13-14H,3,6-7H2,1-2H3. The van der Waals surface area contributed by atoms with Gasteiger partial charge in [-0.3, -0.25) is 0 Å². The fourth-order valence-corrected chi connectivity index (χ4v) is 1.62. The maximum atomic E-state index is 5.41. The van der Waals surface area contributed by atoms with E-state index in [0.717, 1.165) is 36.4 Å². The highest BCUT2D eigenvalue weighted by atomic mass is 16.3. The third kappa shape index (κ3) is 2.52. The molecule has 0 atom stereocenters. The minimum Gasteiger partial charge on any atom is -0.441 e. The van der Waals surface area contributed by atoms with Crippen molar-refractivity contribution in [1.82, 2.24) is 10.3 Å². The molecule has 86 valence electrons. The maximum Gasteiger partial charge on any atom is 0.192 e. The molecule has 1 aromatic heterocycles. The Hall–Kier alpha value is -1.55. The number of fused-ring (bicyclic) bond motifs is 1. The van der Waals surface area contributed by atoms with Crippen molar-refractivity contribution in [2.24, 2.45) is 0 Å². The lowest BCUT2D eigenvalue weighted by molar-refractivity contribution is 0.561. The lowest BCUT2D eigenvalue weighted by Crippen LogP contribution is -2.21. The molecule has 0 aliphatic rings. The molecule has 0 saturated heterocycles. The van der Waals surface area contributed by atoms with Crippen molar-refractivity contribution in [3.05, 3.63) is 24.1 Å². The van der Waals surface area contributed by atoms with Crippen molar-refractivity contribution in [1.29, 1.82) is 0 Å². The van der Waals surface area contributed by atoms with Crippen LogP contribution in [0.15, 0.2) is 22.6 Å². The molecule has 0 aliphatic heterocycles. The van der Waals surface area contributed by atoms with Crippen LogP contribution in [-0.2, 0) is 0 Å². The molecule has 0 unspecified atom stereocenters. The molecule has 0 bridgehead atoms. The number of hydrogen-bond donors (Lipinski definition) is 2. The van der Waals surface area contributed by atoms with Gasteiger partial charge in [0.1, 0.15) is 5.52 Å². The molecule has 0 radical (unpaired) electrons. The summed E-state index contributed by atoms with van der Waals surface area (Å²) in [4.78, 5) is 4.30. The largest absolute Gasteiger partial charge is 0.441 e. The summed E-state index contributed by atoms with van der Waals surface area (Å²) in [6.07, 6.45) is 0. The summed E-state index contributed by atoms with van der Waals surface area (Å²) < 4.78 is 5.41. The zero-order chi connectivity index (χ0) is 11.4. The number of likely N-dealkylation sites (N-methyl/N-ethyl adjacent to an activating group) is 1. The minimum absolute atomic E-state index is 0.708. The van der Waals surface area contributed by atoms with Crippen LogP contribution in [0.4, 0.5) is 5.69 Å². The first kappa shape index (κ1) is 11.0. The molecular formula is C12H17N3O. The lowest BCUT2D eigenvalue weighted by Gasteiger charge is -2.05. The molecule has 4 nitrogen and oxygen atoms in total. The lowest BCUT2D eigenvalue weighted by atomic mass is 10.3. The second-order valence-electron chi connectivity index (χ2n) is 3.70. The van der Waals surface area contributed by atoms with Crippen molar-refractivity contribution in [2.75, 3.05) is 25.0 Å². The van der Waals surface area contributed by atoms with Crippen LogP contribution in [0.2, 0.25) is 0 Å². The van der Waals surface area contributed by atoms with Gasteiger partial charge in [-0.1, -0.05) is 6.92 Å². The summed E-state index contributed by atoms with van der Waals surface area (Å²) in [6, 6.07) is 5.97. The van der Waals surface area contributed by atoms with Crippen LogP contribution >= 0.6 is 0 Å². The Balaban J connectivity index is 2.02. The molecule has 0 spiro atoms. The number of benzene rings is 1. The topological polar surface area (TPSA) is 50.1 Å². The highest BCUT2D eigenvalue weighted by Crippen LogP contribution is 2.19. The Morgan fingerprint density at radius 3 is 3.00 bits per heavy atom. The molecule has 0 aliphatic carbocycles. The number of anilines is 1. The normalized spacial score (nSPS) is 10.9. The van der Waals surface area contributed by atoms with Gasteiger partial charge < -0.3 is 15.1 Å². The van der Waals surface area contributed by atoms with Crippen LogP contribution in [0.3, 0.4) is 0 Å². The van der Waals surface area contributed by atoms with E-state index in [2.05, 4.69) is 22.5 Å². The van der Waals surface area contributed by atoms with E-state index in [1.165, 1.54) is 0 Å². The summed E-state index contributed by atoms with van der Waals surface area (Å²) in [5, 5.41) is 6.60. The van der Waals surface area contributed by atoms with Crippen molar-refractivity contribution in [2.45, 2.75) is 13.8 Å². The zero-order valence-electron chi connectivity index (χ0n) is 9.71. The third-order valence-corrected chi connectivity index (χ3v) is 2.38. The quantitative estimate of drug-likeness (QED) is 0.757. The number of nitrogens with one attached hydrogen (secondary N) is 2. The third-order valence-electron chi connectivity index (χ3n) is 2.38. The van der Waals surface area contributed by atoms with Crippen LogP contribution in [0.5, 0.6) is 0 Å². The summed E-state index contributed by atoms with van der Waals surface area (Å²) in [5.41, 5.74) is 2.83. The van der Waals surface area contributed by atoms with Crippen LogP contribution in [0.25, 0.3) is 11.1 Å². The van der Waals surface area contributed by atoms with Crippen molar-refractivity contribution in [3.8, 4) is 0 Å². The van der Waals surface area contributed by atoms with Crippen LogP contribution in [-0.4, -0.2) is 24.6 Å². The molecule has 2 N–H and O–H groups in total. The first-order valence-corrected chi connectivity index (χ1v) is 5.61. The molecular weight excluding hydrogens is 202 g/mol. The van der Waals surface area contributed by atoms with E-state index in [-0.39, 0.29) is 0 Å². The van der Waals surface area contributed by atoms with E-state index in [1.807, 2.05) is 25.1 Å². The fourth-order valence-electron chi connectivity index (χ4n) is 1.62. The van der Waals surface area contributed by atoms with E-state index >= 15 is 0 Å². The zero-order valence-corrected chi connectivity index (χ0v) is 9.71. The van der Waals surface area contributed by atoms with Crippen molar-refractivity contribution in [3.63, 3.8) is 0 Å². The van der Waals surface area contributed by atoms with Gasteiger partial charge in [-0.2, -0.15) is 0 Å². The number of aromatic nitrogens is 1. The van der Waals surface area contributed by atoms with Gasteiger partial charge in [-0.25, -0.2) is 4.98 Å². The second kappa shape index (κ2) is 4.99. The van der Waals surface area contributed by atoms with E-state index in [0.29, 0.717) is 5.89 Å². The van der Waals surface area contributed by atoms with Gasteiger partial charge in [-0.05, 0) is 24.7 Å². The van der Waals surface area contributed by atoms with Crippen LogP contribution < -0.4 is 10.6 Å². The average molecular weight is 219 g/mol. The Morgan fingerprint density at radius 2 is 2.19 bits per heavy atom. The van der Waals surface area contributed by atoms with Crippen molar-refractivity contribution >= 4 is 16.8 Å². The Morgan fingerprint density at radius 1 is 1.31 bits per heavy atom. The minimum atomic E-state index is 0.708. The number of hydrogen-bond acceptors (Lipinski definition) is 4.